The van der Waals surface area contributed by atoms with Gasteiger partial charge in [0.25, 0.3) is 0 Å². The lowest BCUT2D eigenvalue weighted by atomic mass is 9.82. The molecule has 0 aromatic rings. The maximum absolute atomic E-state index is 3.65. The van der Waals surface area contributed by atoms with E-state index < -0.39 is 0 Å². The van der Waals surface area contributed by atoms with Gasteiger partial charge in [-0.15, -0.1) is 0 Å². The second kappa shape index (κ2) is 6.38. The monoisotopic (exact) mass is 252 g/mol. The summed E-state index contributed by atoms with van der Waals surface area (Å²) in [6, 6.07) is 0.691. The van der Waals surface area contributed by atoms with Gasteiger partial charge in [-0.25, -0.2) is 0 Å². The molecule has 2 rings (SSSR count). The zero-order valence-electron chi connectivity index (χ0n) is 12.7. The smallest absolute Gasteiger partial charge is 0.00510 e. The van der Waals surface area contributed by atoms with Crippen LogP contribution < -0.4 is 5.32 Å². The molecule has 1 aliphatic carbocycles. The standard InChI is InChI=1S/C16H32N2/c1-4-16(8-5-6-9-16)13-18-10-7-15(3)17-11-14(2)12-18/h14-15,17H,4-13H2,1-3H3. The Balaban J connectivity index is 1.93. The van der Waals surface area contributed by atoms with Crippen LogP contribution in [0.4, 0.5) is 0 Å². The lowest BCUT2D eigenvalue weighted by Crippen LogP contribution is -2.45. The summed E-state index contributed by atoms with van der Waals surface area (Å²) in [5, 5.41) is 3.65. The van der Waals surface area contributed by atoms with Crippen LogP contribution in [0.3, 0.4) is 0 Å². The van der Waals surface area contributed by atoms with Gasteiger partial charge >= 0.3 is 0 Å². The van der Waals surface area contributed by atoms with Crippen LogP contribution in [-0.2, 0) is 0 Å². The highest BCUT2D eigenvalue weighted by atomic mass is 15.1. The molecule has 1 saturated heterocycles. The first kappa shape index (κ1) is 14.3. The van der Waals surface area contributed by atoms with Crippen molar-refractivity contribution in [3.05, 3.63) is 0 Å². The van der Waals surface area contributed by atoms with E-state index in [0.717, 1.165) is 5.92 Å². The second-order valence-corrected chi connectivity index (χ2v) is 7.00. The molecule has 0 aromatic carbocycles. The molecule has 2 heteroatoms. The fourth-order valence-electron chi connectivity index (χ4n) is 3.84. The highest BCUT2D eigenvalue weighted by Gasteiger charge is 2.34. The molecule has 0 bridgehead atoms. The Morgan fingerprint density at radius 3 is 2.61 bits per heavy atom. The molecule has 1 heterocycles. The molecule has 0 aromatic heterocycles. The van der Waals surface area contributed by atoms with Crippen molar-refractivity contribution in [3.63, 3.8) is 0 Å². The van der Waals surface area contributed by atoms with E-state index in [1.54, 1.807) is 0 Å². The van der Waals surface area contributed by atoms with Crippen LogP contribution in [0.15, 0.2) is 0 Å². The molecule has 2 atom stereocenters. The van der Waals surface area contributed by atoms with Crippen LogP contribution in [0.2, 0.25) is 0 Å². The lowest BCUT2D eigenvalue weighted by Gasteiger charge is -2.38. The third-order valence-corrected chi connectivity index (χ3v) is 5.24. The predicted octanol–water partition coefficient (Wildman–Crippen LogP) is 3.28. The highest BCUT2D eigenvalue weighted by Crippen LogP contribution is 2.41. The fraction of sp³-hybridized carbons (Fsp3) is 1.00. The summed E-state index contributed by atoms with van der Waals surface area (Å²) in [6.07, 6.45) is 8.58. The molecule has 0 spiro atoms. The lowest BCUT2D eigenvalue weighted by molar-refractivity contribution is 0.118. The van der Waals surface area contributed by atoms with Gasteiger partial charge < -0.3 is 10.2 Å². The van der Waals surface area contributed by atoms with Crippen LogP contribution >= 0.6 is 0 Å². The molecular formula is C16H32N2. The van der Waals surface area contributed by atoms with Crippen molar-refractivity contribution in [1.29, 1.82) is 0 Å². The minimum Gasteiger partial charge on any atom is -0.314 e. The third-order valence-electron chi connectivity index (χ3n) is 5.24. The van der Waals surface area contributed by atoms with Crippen LogP contribution in [0.25, 0.3) is 0 Å². The molecule has 2 fully saturated rings. The van der Waals surface area contributed by atoms with Crippen LogP contribution in [0.1, 0.15) is 59.3 Å². The van der Waals surface area contributed by atoms with Gasteiger partial charge in [0.2, 0.25) is 0 Å². The van der Waals surface area contributed by atoms with E-state index in [-0.39, 0.29) is 0 Å². The van der Waals surface area contributed by atoms with Crippen molar-refractivity contribution < 1.29 is 0 Å². The molecule has 106 valence electrons. The Kier molecular flexibility index (Phi) is 5.08. The molecular weight excluding hydrogens is 220 g/mol. The van der Waals surface area contributed by atoms with E-state index in [1.165, 1.54) is 64.7 Å². The maximum atomic E-state index is 3.65. The quantitative estimate of drug-likeness (QED) is 0.829. The van der Waals surface area contributed by atoms with Gasteiger partial charge in [-0.3, -0.25) is 0 Å². The minimum absolute atomic E-state index is 0.662. The molecule has 2 nitrogen and oxygen atoms in total. The summed E-state index contributed by atoms with van der Waals surface area (Å²) in [4.78, 5) is 2.77. The van der Waals surface area contributed by atoms with Gasteiger partial charge in [0.05, 0.1) is 0 Å². The topological polar surface area (TPSA) is 15.3 Å². The minimum atomic E-state index is 0.662. The Morgan fingerprint density at radius 1 is 1.22 bits per heavy atom. The second-order valence-electron chi connectivity index (χ2n) is 7.00. The summed E-state index contributed by atoms with van der Waals surface area (Å²) in [6.45, 7) is 12.3. The Morgan fingerprint density at radius 2 is 1.94 bits per heavy atom. The number of hydrogen-bond acceptors (Lipinski definition) is 2. The number of nitrogens with one attached hydrogen (secondary N) is 1. The average molecular weight is 252 g/mol. The zero-order valence-corrected chi connectivity index (χ0v) is 12.7. The predicted molar refractivity (Wildman–Crippen MR) is 78.9 cm³/mol. The molecule has 0 amide bonds. The summed E-state index contributed by atoms with van der Waals surface area (Å²) in [5.74, 6) is 0.794. The normalized spacial score (nSPS) is 34.2. The van der Waals surface area contributed by atoms with E-state index in [2.05, 4.69) is 31.0 Å². The molecule has 1 saturated carbocycles. The first-order valence-electron chi connectivity index (χ1n) is 8.09. The van der Waals surface area contributed by atoms with E-state index in [0.29, 0.717) is 11.5 Å². The van der Waals surface area contributed by atoms with Crippen LogP contribution in [0, 0.1) is 11.3 Å². The number of nitrogens with zero attached hydrogens (tertiary/aromatic N) is 1. The SMILES string of the molecule is CCC1(CN2CCC(C)NCC(C)C2)CCCC1. The van der Waals surface area contributed by atoms with Crippen LogP contribution in [-0.4, -0.2) is 37.1 Å². The van der Waals surface area contributed by atoms with E-state index in [9.17, 15) is 0 Å². The van der Waals surface area contributed by atoms with Gasteiger partial charge in [0.1, 0.15) is 0 Å². The van der Waals surface area contributed by atoms with Crippen molar-refractivity contribution in [1.82, 2.24) is 10.2 Å². The average Bonchev–Trinajstić information content (AvgIpc) is 2.81. The van der Waals surface area contributed by atoms with Gasteiger partial charge in [-0.1, -0.05) is 26.7 Å². The van der Waals surface area contributed by atoms with Gasteiger partial charge in [-0.2, -0.15) is 0 Å². The van der Waals surface area contributed by atoms with E-state index in [1.807, 2.05) is 0 Å². The number of hydrogen-bond donors (Lipinski definition) is 1. The first-order chi connectivity index (χ1) is 8.63. The van der Waals surface area contributed by atoms with Gasteiger partial charge in [0.15, 0.2) is 0 Å². The molecule has 2 aliphatic rings. The molecule has 2 unspecified atom stereocenters. The number of rotatable bonds is 3. The zero-order chi connectivity index (χ0) is 13.0. The van der Waals surface area contributed by atoms with Crippen molar-refractivity contribution >= 4 is 0 Å². The Hall–Kier alpha value is -0.0800. The largest absolute Gasteiger partial charge is 0.314 e. The summed E-state index contributed by atoms with van der Waals surface area (Å²) in [7, 11) is 0. The van der Waals surface area contributed by atoms with E-state index >= 15 is 0 Å². The van der Waals surface area contributed by atoms with Crippen LogP contribution in [0.5, 0.6) is 0 Å². The molecule has 1 N–H and O–H groups in total. The summed E-state index contributed by atoms with van der Waals surface area (Å²) in [5.41, 5.74) is 0.662. The molecule has 1 aliphatic heterocycles. The summed E-state index contributed by atoms with van der Waals surface area (Å²) < 4.78 is 0. The van der Waals surface area contributed by atoms with Gasteiger partial charge in [0, 0.05) is 19.1 Å². The first-order valence-corrected chi connectivity index (χ1v) is 8.09. The van der Waals surface area contributed by atoms with Crippen molar-refractivity contribution in [2.75, 3.05) is 26.2 Å². The Bertz CT molecular complexity index is 245. The summed E-state index contributed by atoms with van der Waals surface area (Å²) >= 11 is 0. The molecule has 18 heavy (non-hydrogen) atoms. The highest BCUT2D eigenvalue weighted by molar-refractivity contribution is 4.87. The van der Waals surface area contributed by atoms with Crippen molar-refractivity contribution in [2.24, 2.45) is 11.3 Å². The fourth-order valence-corrected chi connectivity index (χ4v) is 3.84. The van der Waals surface area contributed by atoms with Gasteiger partial charge in [-0.05, 0) is 57.0 Å². The van der Waals surface area contributed by atoms with Crippen molar-refractivity contribution in [2.45, 2.75) is 65.3 Å². The molecule has 0 radical (unpaired) electrons. The Labute approximate surface area is 114 Å². The maximum Gasteiger partial charge on any atom is 0.00510 e. The van der Waals surface area contributed by atoms with Crippen molar-refractivity contribution in [3.8, 4) is 0 Å². The van der Waals surface area contributed by atoms with E-state index in [4.69, 9.17) is 0 Å². The third kappa shape index (κ3) is 3.71.